The molecule has 0 bridgehead atoms. The summed E-state index contributed by atoms with van der Waals surface area (Å²) in [5.41, 5.74) is 2.82. The molecule has 150 valence electrons. The van der Waals surface area contributed by atoms with Crippen molar-refractivity contribution in [1.82, 2.24) is 4.98 Å². The average Bonchev–Trinajstić information content (AvgIpc) is 2.72. The quantitative estimate of drug-likeness (QED) is 0.475. The normalized spacial score (nSPS) is 10.7. The number of thioether (sulfide) groups is 1. The van der Waals surface area contributed by atoms with Gasteiger partial charge in [-0.15, -0.1) is 0 Å². The first kappa shape index (κ1) is 20.7. The second-order valence-corrected chi connectivity index (χ2v) is 7.53. The predicted octanol–water partition coefficient (Wildman–Crippen LogP) is 3.92. The van der Waals surface area contributed by atoms with Crippen LogP contribution in [0.3, 0.4) is 0 Å². The summed E-state index contributed by atoms with van der Waals surface area (Å²) < 4.78 is 4.80. The van der Waals surface area contributed by atoms with Crippen molar-refractivity contribution in [3.05, 3.63) is 69.4 Å². The number of esters is 1. The number of benzene rings is 2. The second kappa shape index (κ2) is 8.96. The third kappa shape index (κ3) is 4.51. The van der Waals surface area contributed by atoms with Gasteiger partial charge in [0, 0.05) is 11.1 Å². The maximum Gasteiger partial charge on any atom is 0.344 e. The highest BCUT2D eigenvalue weighted by Crippen LogP contribution is 2.24. The molecule has 3 aromatic rings. The highest BCUT2D eigenvalue weighted by molar-refractivity contribution is 8.00. The molecule has 2 N–H and O–H groups in total. The fraction of sp³-hybridized carbons (Fsp3) is 0.227. The van der Waals surface area contributed by atoms with Crippen molar-refractivity contribution < 1.29 is 14.3 Å². The fourth-order valence-electron chi connectivity index (χ4n) is 3.05. The van der Waals surface area contributed by atoms with Crippen LogP contribution in [-0.2, 0) is 16.0 Å². The number of carbonyl (C=O) groups is 2. The van der Waals surface area contributed by atoms with Crippen LogP contribution in [0.1, 0.15) is 28.4 Å². The van der Waals surface area contributed by atoms with E-state index < -0.39 is 11.4 Å². The minimum Gasteiger partial charge on any atom is -0.465 e. The number of pyridine rings is 1. The number of hydrogen-bond donors (Lipinski definition) is 2. The van der Waals surface area contributed by atoms with Crippen LogP contribution in [0.25, 0.3) is 10.9 Å². The van der Waals surface area contributed by atoms with Gasteiger partial charge in [0.2, 0.25) is 11.3 Å². The summed E-state index contributed by atoms with van der Waals surface area (Å²) >= 11 is 1.10. The van der Waals surface area contributed by atoms with E-state index in [9.17, 15) is 14.4 Å². The second-order valence-electron chi connectivity index (χ2n) is 6.55. The largest absolute Gasteiger partial charge is 0.465 e. The lowest BCUT2D eigenvalue weighted by Crippen LogP contribution is -2.21. The Kier molecular flexibility index (Phi) is 6.39. The molecule has 0 radical (unpaired) electrons. The van der Waals surface area contributed by atoms with E-state index >= 15 is 0 Å². The van der Waals surface area contributed by atoms with E-state index in [0.29, 0.717) is 15.9 Å². The third-order valence-corrected chi connectivity index (χ3v) is 5.53. The molecule has 7 heteroatoms. The van der Waals surface area contributed by atoms with Gasteiger partial charge in [0.15, 0.2) is 0 Å². The number of methoxy groups -OCH3 is 1. The van der Waals surface area contributed by atoms with Crippen molar-refractivity contribution >= 4 is 40.2 Å². The Morgan fingerprint density at radius 1 is 1.17 bits per heavy atom. The van der Waals surface area contributed by atoms with Crippen LogP contribution in [-0.4, -0.2) is 29.7 Å². The smallest absolute Gasteiger partial charge is 0.344 e. The van der Waals surface area contributed by atoms with Crippen LogP contribution >= 0.6 is 11.8 Å². The van der Waals surface area contributed by atoms with Gasteiger partial charge in [0.25, 0.3) is 0 Å². The molecule has 3 rings (SSSR count). The number of para-hydroxylation sites is 1. The van der Waals surface area contributed by atoms with E-state index in [1.807, 2.05) is 44.2 Å². The van der Waals surface area contributed by atoms with Gasteiger partial charge in [-0.2, -0.15) is 0 Å². The molecule has 1 aromatic heterocycles. The van der Waals surface area contributed by atoms with E-state index in [1.54, 1.807) is 12.1 Å². The van der Waals surface area contributed by atoms with Gasteiger partial charge in [-0.1, -0.05) is 48.5 Å². The van der Waals surface area contributed by atoms with Crippen molar-refractivity contribution in [2.45, 2.75) is 25.3 Å². The van der Waals surface area contributed by atoms with Crippen LogP contribution in [0.2, 0.25) is 0 Å². The summed E-state index contributed by atoms with van der Waals surface area (Å²) in [4.78, 5) is 40.7. The number of amides is 1. The Labute approximate surface area is 172 Å². The summed E-state index contributed by atoms with van der Waals surface area (Å²) in [5, 5.41) is 3.62. The molecule has 0 atom stereocenters. The predicted molar refractivity (Wildman–Crippen MR) is 116 cm³/mol. The number of nitrogens with one attached hydrogen (secondary N) is 2. The summed E-state index contributed by atoms with van der Waals surface area (Å²) in [6.07, 6.45) is 0.799. The van der Waals surface area contributed by atoms with Crippen molar-refractivity contribution in [2.75, 3.05) is 18.2 Å². The number of aryl methyl sites for hydroxylation is 2. The number of ether oxygens (including phenoxy) is 1. The van der Waals surface area contributed by atoms with E-state index in [-0.39, 0.29) is 17.2 Å². The molecular formula is C22H22N2O4S. The molecule has 2 aromatic carbocycles. The Hall–Kier alpha value is -3.06. The van der Waals surface area contributed by atoms with Gasteiger partial charge in [-0.25, -0.2) is 4.79 Å². The fourth-order valence-corrected chi connectivity index (χ4v) is 3.90. The Morgan fingerprint density at radius 3 is 2.66 bits per heavy atom. The molecule has 29 heavy (non-hydrogen) atoms. The molecule has 0 unspecified atom stereocenters. The molecule has 0 saturated carbocycles. The number of carbonyl (C=O) groups excluding carboxylic acids is 2. The van der Waals surface area contributed by atoms with E-state index in [2.05, 4.69) is 10.3 Å². The molecule has 6 nitrogen and oxygen atoms in total. The van der Waals surface area contributed by atoms with Crippen molar-refractivity contribution in [1.29, 1.82) is 0 Å². The molecule has 0 aliphatic carbocycles. The molecular weight excluding hydrogens is 388 g/mol. The van der Waals surface area contributed by atoms with Crippen LogP contribution in [0.5, 0.6) is 0 Å². The highest BCUT2D eigenvalue weighted by atomic mass is 32.2. The molecule has 0 saturated heterocycles. The molecule has 0 spiro atoms. The molecule has 0 aliphatic heterocycles. The zero-order valence-electron chi connectivity index (χ0n) is 16.5. The SMILES string of the molecule is CCc1ccccc1NC(=O)CSc1[nH]c2ccc(C)cc2c(=O)c1C(=O)OC. The minimum atomic E-state index is -0.728. The number of H-pyrrole nitrogens is 1. The van der Waals surface area contributed by atoms with Gasteiger partial charge in [0.05, 0.1) is 23.4 Å². The first-order valence-corrected chi connectivity index (χ1v) is 10.2. The Balaban J connectivity index is 1.89. The zero-order chi connectivity index (χ0) is 21.0. The van der Waals surface area contributed by atoms with Gasteiger partial charge in [0.1, 0.15) is 5.56 Å². The summed E-state index contributed by atoms with van der Waals surface area (Å²) in [7, 11) is 1.23. The molecule has 1 amide bonds. The molecule has 0 aliphatic rings. The van der Waals surface area contributed by atoms with Gasteiger partial charge in [-0.3, -0.25) is 9.59 Å². The number of aromatic nitrogens is 1. The number of aromatic amines is 1. The van der Waals surface area contributed by atoms with Crippen molar-refractivity contribution in [3.63, 3.8) is 0 Å². The van der Waals surface area contributed by atoms with Gasteiger partial charge < -0.3 is 15.0 Å². The Morgan fingerprint density at radius 2 is 1.93 bits per heavy atom. The monoisotopic (exact) mass is 410 g/mol. The standard InChI is InChI=1S/C22H22N2O4S/c1-4-14-7-5-6-8-16(14)23-18(25)12-29-21-19(22(27)28-3)20(26)15-11-13(2)9-10-17(15)24-21/h5-11H,4,12H2,1-3H3,(H,23,25)(H,24,26). The minimum absolute atomic E-state index is 0.0371. The van der Waals surface area contributed by atoms with Crippen molar-refractivity contribution in [2.24, 2.45) is 0 Å². The maximum atomic E-state index is 12.9. The summed E-state index contributed by atoms with van der Waals surface area (Å²) in [6, 6.07) is 13.0. The Bertz CT molecular complexity index is 1140. The molecule has 1 heterocycles. The lowest BCUT2D eigenvalue weighted by atomic mass is 10.1. The van der Waals surface area contributed by atoms with E-state index in [4.69, 9.17) is 4.74 Å². The number of anilines is 1. The first-order chi connectivity index (χ1) is 13.9. The first-order valence-electron chi connectivity index (χ1n) is 9.20. The van der Waals surface area contributed by atoms with E-state index in [0.717, 1.165) is 35.0 Å². The lowest BCUT2D eigenvalue weighted by Gasteiger charge is -2.12. The lowest BCUT2D eigenvalue weighted by molar-refractivity contribution is -0.113. The average molecular weight is 410 g/mol. The van der Waals surface area contributed by atoms with Crippen LogP contribution in [0, 0.1) is 6.92 Å². The van der Waals surface area contributed by atoms with Crippen LogP contribution in [0.15, 0.2) is 52.3 Å². The third-order valence-electron chi connectivity index (χ3n) is 4.53. The number of rotatable bonds is 6. The summed E-state index contributed by atoms with van der Waals surface area (Å²) in [5.74, 6) is -0.916. The van der Waals surface area contributed by atoms with Crippen molar-refractivity contribution in [3.8, 4) is 0 Å². The van der Waals surface area contributed by atoms with E-state index in [1.165, 1.54) is 7.11 Å². The highest BCUT2D eigenvalue weighted by Gasteiger charge is 2.21. The number of hydrogen-bond acceptors (Lipinski definition) is 5. The molecule has 0 fully saturated rings. The van der Waals surface area contributed by atoms with Crippen LogP contribution < -0.4 is 10.7 Å². The maximum absolute atomic E-state index is 12.9. The zero-order valence-corrected chi connectivity index (χ0v) is 17.3. The summed E-state index contributed by atoms with van der Waals surface area (Å²) in [6.45, 7) is 3.89. The number of fused-ring (bicyclic) bond motifs is 1. The van der Waals surface area contributed by atoms with Gasteiger partial charge >= 0.3 is 5.97 Å². The van der Waals surface area contributed by atoms with Gasteiger partial charge in [-0.05, 0) is 37.1 Å². The van der Waals surface area contributed by atoms with Crippen LogP contribution in [0.4, 0.5) is 5.69 Å². The topological polar surface area (TPSA) is 88.3 Å².